The van der Waals surface area contributed by atoms with Crippen molar-refractivity contribution in [2.45, 2.75) is 25.9 Å². The normalized spacial score (nSPS) is 27.7. The van der Waals surface area contributed by atoms with Crippen LogP contribution in [0.2, 0.25) is 0 Å². The Kier molecular flexibility index (Phi) is 3.78. The van der Waals surface area contributed by atoms with Crippen LogP contribution < -0.4 is 0 Å². The number of carbonyl (C=O) groups excluding carboxylic acids is 1. The van der Waals surface area contributed by atoms with Gasteiger partial charge < -0.3 is 9.47 Å². The summed E-state index contributed by atoms with van der Waals surface area (Å²) >= 11 is 0. The van der Waals surface area contributed by atoms with Crippen molar-refractivity contribution < 1.29 is 14.3 Å². The van der Waals surface area contributed by atoms with Crippen LogP contribution in [-0.2, 0) is 14.3 Å². The van der Waals surface area contributed by atoms with Gasteiger partial charge in [-0.2, -0.15) is 0 Å². The summed E-state index contributed by atoms with van der Waals surface area (Å²) in [6.45, 7) is 2.77. The number of esters is 1. The standard InChI is InChI=1S/C10H14O3/c1-3-5-13-10(11)9-7-8(2)4-6-12-9/h1,8-9H,4-7H2,2H3/t8-,9-/m0/s1. The number of rotatable bonds is 2. The van der Waals surface area contributed by atoms with E-state index in [2.05, 4.69) is 12.8 Å². The smallest absolute Gasteiger partial charge is 0.336 e. The highest BCUT2D eigenvalue weighted by Crippen LogP contribution is 2.19. The molecule has 1 fully saturated rings. The molecule has 1 saturated heterocycles. The zero-order chi connectivity index (χ0) is 9.68. The molecule has 0 N–H and O–H groups in total. The van der Waals surface area contributed by atoms with Crippen LogP contribution in [0.4, 0.5) is 0 Å². The Bertz CT molecular complexity index is 217. The van der Waals surface area contributed by atoms with Gasteiger partial charge in [-0.1, -0.05) is 12.8 Å². The second-order valence-electron chi connectivity index (χ2n) is 3.30. The molecule has 13 heavy (non-hydrogen) atoms. The van der Waals surface area contributed by atoms with Gasteiger partial charge in [0.2, 0.25) is 0 Å². The van der Waals surface area contributed by atoms with Crippen molar-refractivity contribution in [3.63, 3.8) is 0 Å². The first-order valence-electron chi connectivity index (χ1n) is 4.45. The molecule has 3 nitrogen and oxygen atoms in total. The van der Waals surface area contributed by atoms with Crippen molar-refractivity contribution in [1.82, 2.24) is 0 Å². The van der Waals surface area contributed by atoms with Crippen molar-refractivity contribution in [2.24, 2.45) is 5.92 Å². The highest BCUT2D eigenvalue weighted by Gasteiger charge is 2.26. The van der Waals surface area contributed by atoms with Crippen LogP contribution in [0, 0.1) is 18.3 Å². The van der Waals surface area contributed by atoms with Crippen molar-refractivity contribution in [2.75, 3.05) is 13.2 Å². The summed E-state index contributed by atoms with van der Waals surface area (Å²) in [7, 11) is 0. The lowest BCUT2D eigenvalue weighted by molar-refractivity contribution is -0.160. The maximum Gasteiger partial charge on any atom is 0.336 e. The van der Waals surface area contributed by atoms with Gasteiger partial charge in [-0.15, -0.1) is 6.42 Å². The van der Waals surface area contributed by atoms with Crippen molar-refractivity contribution in [3.05, 3.63) is 0 Å². The summed E-state index contributed by atoms with van der Waals surface area (Å²) in [4.78, 5) is 11.3. The average Bonchev–Trinajstić information content (AvgIpc) is 2.14. The first-order chi connectivity index (χ1) is 6.24. The quantitative estimate of drug-likeness (QED) is 0.471. The van der Waals surface area contributed by atoms with Crippen molar-refractivity contribution in [3.8, 4) is 12.3 Å². The minimum Gasteiger partial charge on any atom is -0.451 e. The van der Waals surface area contributed by atoms with Crippen LogP contribution in [0.25, 0.3) is 0 Å². The number of terminal acetylenes is 1. The number of hydrogen-bond acceptors (Lipinski definition) is 3. The molecule has 0 amide bonds. The van der Waals surface area contributed by atoms with E-state index >= 15 is 0 Å². The van der Waals surface area contributed by atoms with E-state index in [-0.39, 0.29) is 12.6 Å². The van der Waals surface area contributed by atoms with E-state index in [1.165, 1.54) is 0 Å². The van der Waals surface area contributed by atoms with E-state index in [4.69, 9.17) is 15.9 Å². The Balaban J connectivity index is 2.33. The molecule has 0 aromatic carbocycles. The number of ether oxygens (including phenoxy) is 2. The molecule has 0 unspecified atom stereocenters. The monoisotopic (exact) mass is 182 g/mol. The van der Waals surface area contributed by atoms with Crippen molar-refractivity contribution >= 4 is 5.97 Å². The molecular formula is C10H14O3. The van der Waals surface area contributed by atoms with E-state index in [1.54, 1.807) is 0 Å². The number of hydrogen-bond donors (Lipinski definition) is 0. The molecule has 0 spiro atoms. The molecule has 0 aromatic rings. The molecule has 0 aliphatic carbocycles. The lowest BCUT2D eigenvalue weighted by Crippen LogP contribution is -2.33. The predicted molar refractivity (Wildman–Crippen MR) is 47.9 cm³/mol. The largest absolute Gasteiger partial charge is 0.451 e. The topological polar surface area (TPSA) is 35.5 Å². The maximum atomic E-state index is 11.3. The fourth-order valence-corrected chi connectivity index (χ4v) is 1.33. The van der Waals surface area contributed by atoms with Gasteiger partial charge in [0.15, 0.2) is 12.7 Å². The van der Waals surface area contributed by atoms with E-state index in [0.29, 0.717) is 12.5 Å². The minimum atomic E-state index is -0.405. The molecule has 3 heteroatoms. The molecule has 0 bridgehead atoms. The molecule has 0 saturated carbocycles. The Morgan fingerprint density at radius 3 is 3.15 bits per heavy atom. The zero-order valence-electron chi connectivity index (χ0n) is 7.79. The maximum absolute atomic E-state index is 11.3. The van der Waals surface area contributed by atoms with Crippen LogP contribution in [0.1, 0.15) is 19.8 Å². The fraction of sp³-hybridized carbons (Fsp3) is 0.700. The Morgan fingerprint density at radius 2 is 2.54 bits per heavy atom. The van der Waals surface area contributed by atoms with Gasteiger partial charge in [-0.25, -0.2) is 4.79 Å². The first-order valence-corrected chi connectivity index (χ1v) is 4.45. The van der Waals surface area contributed by atoms with Gasteiger partial charge in [0, 0.05) is 6.61 Å². The second kappa shape index (κ2) is 4.88. The van der Waals surface area contributed by atoms with Gasteiger partial charge in [-0.05, 0) is 18.8 Å². The molecule has 1 rings (SSSR count). The van der Waals surface area contributed by atoms with Crippen LogP contribution in [0.3, 0.4) is 0 Å². The molecular weight excluding hydrogens is 168 g/mol. The van der Waals surface area contributed by atoms with Crippen LogP contribution in [0.5, 0.6) is 0 Å². The van der Waals surface area contributed by atoms with E-state index in [1.807, 2.05) is 0 Å². The minimum absolute atomic E-state index is 0.0348. The SMILES string of the molecule is C#CCOC(=O)[C@@H]1C[C@@H](C)CCO1. The van der Waals surface area contributed by atoms with E-state index in [9.17, 15) is 4.79 Å². The molecule has 1 heterocycles. The zero-order valence-corrected chi connectivity index (χ0v) is 7.79. The Hall–Kier alpha value is -1.01. The summed E-state index contributed by atoms with van der Waals surface area (Å²) in [5, 5.41) is 0. The lowest BCUT2D eigenvalue weighted by Gasteiger charge is -2.25. The Morgan fingerprint density at radius 1 is 1.77 bits per heavy atom. The lowest BCUT2D eigenvalue weighted by atomic mass is 9.98. The highest BCUT2D eigenvalue weighted by molar-refractivity contribution is 5.74. The van der Waals surface area contributed by atoms with Crippen LogP contribution in [-0.4, -0.2) is 25.3 Å². The van der Waals surface area contributed by atoms with Crippen LogP contribution in [0.15, 0.2) is 0 Å². The summed E-state index contributed by atoms with van der Waals surface area (Å²) in [5.74, 6) is 2.45. The van der Waals surface area contributed by atoms with Crippen LogP contribution >= 0.6 is 0 Å². The highest BCUT2D eigenvalue weighted by atomic mass is 16.6. The second-order valence-corrected chi connectivity index (χ2v) is 3.30. The third-order valence-corrected chi connectivity index (χ3v) is 2.11. The molecule has 72 valence electrons. The Labute approximate surface area is 78.4 Å². The molecule has 0 radical (unpaired) electrons. The van der Waals surface area contributed by atoms with E-state index < -0.39 is 6.10 Å². The third kappa shape index (κ3) is 3.08. The molecule has 0 aromatic heterocycles. The summed E-state index contributed by atoms with van der Waals surface area (Å²) < 4.78 is 10.0. The molecule has 2 atom stereocenters. The van der Waals surface area contributed by atoms with Gasteiger partial charge in [0.05, 0.1) is 0 Å². The van der Waals surface area contributed by atoms with E-state index in [0.717, 1.165) is 12.8 Å². The van der Waals surface area contributed by atoms with Gasteiger partial charge >= 0.3 is 5.97 Å². The summed E-state index contributed by atoms with van der Waals surface area (Å²) in [6, 6.07) is 0. The fourth-order valence-electron chi connectivity index (χ4n) is 1.33. The molecule has 1 aliphatic heterocycles. The first kappa shape index (κ1) is 10.1. The average molecular weight is 182 g/mol. The third-order valence-electron chi connectivity index (χ3n) is 2.11. The van der Waals surface area contributed by atoms with Gasteiger partial charge in [0.25, 0.3) is 0 Å². The van der Waals surface area contributed by atoms with Gasteiger partial charge in [0.1, 0.15) is 0 Å². The predicted octanol–water partition coefficient (Wildman–Crippen LogP) is 0.978. The number of carbonyl (C=O) groups is 1. The van der Waals surface area contributed by atoms with Crippen molar-refractivity contribution in [1.29, 1.82) is 0 Å². The van der Waals surface area contributed by atoms with Gasteiger partial charge in [-0.3, -0.25) is 0 Å². The molecule has 1 aliphatic rings. The summed E-state index contributed by atoms with van der Waals surface area (Å²) in [5.41, 5.74) is 0. The summed E-state index contributed by atoms with van der Waals surface area (Å²) in [6.07, 6.45) is 6.31.